The molecule has 3 aromatic rings. The van der Waals surface area contributed by atoms with Crippen molar-refractivity contribution in [3.05, 3.63) is 84.2 Å². The van der Waals surface area contributed by atoms with Crippen LogP contribution in [0.5, 0.6) is 0 Å². The van der Waals surface area contributed by atoms with Crippen LogP contribution in [0.3, 0.4) is 0 Å². The number of carbonyl (C=O) groups is 1. The number of aromatic nitrogens is 2. The highest BCUT2D eigenvalue weighted by molar-refractivity contribution is 7.89. The fourth-order valence-corrected chi connectivity index (χ4v) is 3.50. The van der Waals surface area contributed by atoms with E-state index in [2.05, 4.69) is 10.3 Å². The van der Waals surface area contributed by atoms with Crippen LogP contribution in [0.25, 0.3) is 0 Å². The lowest BCUT2D eigenvalue weighted by Crippen LogP contribution is -2.15. The highest BCUT2D eigenvalue weighted by atomic mass is 32.2. The van der Waals surface area contributed by atoms with Crippen molar-refractivity contribution in [1.29, 1.82) is 0 Å². The lowest BCUT2D eigenvalue weighted by Gasteiger charge is -2.06. The first-order chi connectivity index (χ1) is 12.0. The van der Waals surface area contributed by atoms with Crippen molar-refractivity contribution in [2.75, 3.05) is 5.32 Å². The number of benzene rings is 1. The lowest BCUT2D eigenvalue weighted by atomic mass is 10.2. The molecule has 0 bridgehead atoms. The molecule has 0 atom stereocenters. The molecule has 0 spiro atoms. The van der Waals surface area contributed by atoms with E-state index in [4.69, 9.17) is 0 Å². The van der Waals surface area contributed by atoms with E-state index < -0.39 is 27.5 Å². The Bertz CT molecular complexity index is 1000. The molecule has 6 nitrogen and oxygen atoms in total. The normalized spacial score (nSPS) is 11.2. The summed E-state index contributed by atoms with van der Waals surface area (Å²) >= 11 is 0. The maximum atomic E-state index is 13.7. The minimum absolute atomic E-state index is 0.0790. The zero-order chi connectivity index (χ0) is 17.9. The maximum absolute atomic E-state index is 13.7. The summed E-state index contributed by atoms with van der Waals surface area (Å²) in [4.78, 5) is 15.9. The Labute approximate surface area is 144 Å². The quantitative estimate of drug-likeness (QED) is 0.759. The molecule has 0 unspecified atom stereocenters. The molecule has 2 heterocycles. The number of nitrogens with zero attached hydrogens (tertiary/aromatic N) is 2. The third-order valence-corrected chi connectivity index (χ3v) is 4.99. The molecule has 128 valence electrons. The Morgan fingerprint density at radius 2 is 1.88 bits per heavy atom. The third-order valence-electron chi connectivity index (χ3n) is 3.44. The van der Waals surface area contributed by atoms with Gasteiger partial charge in [-0.15, -0.1) is 0 Å². The number of anilines is 1. The zero-order valence-electron chi connectivity index (χ0n) is 13.0. The lowest BCUT2D eigenvalue weighted by molar-refractivity contribution is 0.102. The Morgan fingerprint density at radius 3 is 2.60 bits per heavy atom. The van der Waals surface area contributed by atoms with Crippen molar-refractivity contribution in [3.8, 4) is 0 Å². The van der Waals surface area contributed by atoms with Gasteiger partial charge in [-0.3, -0.25) is 13.8 Å². The van der Waals surface area contributed by atoms with Crippen LogP contribution in [-0.4, -0.2) is 23.3 Å². The van der Waals surface area contributed by atoms with Gasteiger partial charge >= 0.3 is 0 Å². The molecule has 25 heavy (non-hydrogen) atoms. The number of amides is 1. The van der Waals surface area contributed by atoms with Crippen molar-refractivity contribution in [3.63, 3.8) is 0 Å². The van der Waals surface area contributed by atoms with Gasteiger partial charge in [-0.25, -0.2) is 12.8 Å². The van der Waals surface area contributed by atoms with Crippen molar-refractivity contribution in [1.82, 2.24) is 8.96 Å². The summed E-state index contributed by atoms with van der Waals surface area (Å²) in [6.45, 7) is 0. The Kier molecular flexibility index (Phi) is 4.62. The van der Waals surface area contributed by atoms with E-state index in [-0.39, 0.29) is 11.3 Å². The molecule has 0 aliphatic heterocycles. The van der Waals surface area contributed by atoms with Crippen molar-refractivity contribution in [2.45, 2.75) is 5.75 Å². The zero-order valence-corrected chi connectivity index (χ0v) is 13.8. The van der Waals surface area contributed by atoms with Crippen molar-refractivity contribution < 1.29 is 17.6 Å². The first kappa shape index (κ1) is 16.8. The highest BCUT2D eigenvalue weighted by Crippen LogP contribution is 2.16. The van der Waals surface area contributed by atoms with Crippen molar-refractivity contribution >= 4 is 21.6 Å². The summed E-state index contributed by atoms with van der Waals surface area (Å²) in [5, 5.41) is 2.57. The van der Waals surface area contributed by atoms with E-state index in [1.807, 2.05) is 0 Å². The molecule has 1 amide bonds. The average molecular weight is 359 g/mol. The molecule has 2 aromatic heterocycles. The topological polar surface area (TPSA) is 81.1 Å². The predicted octanol–water partition coefficient (Wildman–Crippen LogP) is 2.65. The number of nitrogens with one attached hydrogen (secondary N) is 1. The van der Waals surface area contributed by atoms with E-state index in [0.717, 1.165) is 3.97 Å². The second-order valence-electron chi connectivity index (χ2n) is 5.25. The molecule has 0 aliphatic carbocycles. The van der Waals surface area contributed by atoms with Crippen LogP contribution >= 0.6 is 0 Å². The third kappa shape index (κ3) is 3.92. The number of halogens is 1. The molecule has 0 aliphatic rings. The molecule has 0 saturated heterocycles. The first-order valence-corrected chi connectivity index (χ1v) is 8.94. The summed E-state index contributed by atoms with van der Waals surface area (Å²) < 4.78 is 39.4. The van der Waals surface area contributed by atoms with Gasteiger partial charge in [0.1, 0.15) is 11.5 Å². The Balaban J connectivity index is 1.76. The number of hydrogen-bond donors (Lipinski definition) is 1. The molecule has 8 heteroatoms. The van der Waals surface area contributed by atoms with Crippen LogP contribution in [0.15, 0.2) is 67.1 Å². The summed E-state index contributed by atoms with van der Waals surface area (Å²) in [5.41, 5.74) is 0.590. The van der Waals surface area contributed by atoms with Crippen LogP contribution in [-0.2, 0) is 15.8 Å². The summed E-state index contributed by atoms with van der Waals surface area (Å²) in [7, 11) is -3.81. The van der Waals surface area contributed by atoms with Crippen LogP contribution in [0.2, 0.25) is 0 Å². The monoisotopic (exact) mass is 359 g/mol. The van der Waals surface area contributed by atoms with Gasteiger partial charge in [-0.05, 0) is 24.3 Å². The van der Waals surface area contributed by atoms with Crippen LogP contribution < -0.4 is 5.32 Å². The molecule has 3 rings (SSSR count). The molecule has 1 N–H and O–H groups in total. The summed E-state index contributed by atoms with van der Waals surface area (Å²) in [6, 6.07) is 12.0. The fraction of sp³-hybridized carbons (Fsp3) is 0.0588. The van der Waals surface area contributed by atoms with Gasteiger partial charge in [0.2, 0.25) is 10.0 Å². The van der Waals surface area contributed by atoms with Gasteiger partial charge in [0.25, 0.3) is 5.91 Å². The molecule has 0 radical (unpaired) electrons. The number of rotatable bonds is 5. The first-order valence-electron chi connectivity index (χ1n) is 7.33. The average Bonchev–Trinajstić information content (AvgIpc) is 3.07. The molecular formula is C17H14FN3O3S. The van der Waals surface area contributed by atoms with Gasteiger partial charge < -0.3 is 5.32 Å². The largest absolute Gasteiger partial charge is 0.319 e. The smallest absolute Gasteiger partial charge is 0.274 e. The number of carbonyl (C=O) groups excluding carboxylic acids is 1. The van der Waals surface area contributed by atoms with E-state index >= 15 is 0 Å². The minimum Gasteiger partial charge on any atom is -0.319 e. The highest BCUT2D eigenvalue weighted by Gasteiger charge is 2.17. The number of pyridine rings is 1. The van der Waals surface area contributed by atoms with Crippen LogP contribution in [0.4, 0.5) is 10.1 Å². The minimum atomic E-state index is -3.81. The second kappa shape index (κ2) is 6.86. The van der Waals surface area contributed by atoms with Crippen LogP contribution in [0.1, 0.15) is 16.1 Å². The summed E-state index contributed by atoms with van der Waals surface area (Å²) in [5.74, 6) is -1.52. The molecular weight excluding hydrogens is 345 g/mol. The Morgan fingerprint density at radius 1 is 1.12 bits per heavy atom. The molecule has 1 aromatic carbocycles. The van der Waals surface area contributed by atoms with Gasteiger partial charge in [0.15, 0.2) is 0 Å². The molecule has 0 saturated carbocycles. The number of hydrogen-bond acceptors (Lipinski definition) is 4. The fourth-order valence-electron chi connectivity index (χ4n) is 2.20. The SMILES string of the molecule is O=C(Nc1ccn(S(=O)(=O)Cc2ccccc2F)c1)c1ccccn1. The standard InChI is InChI=1S/C17H14FN3O3S/c18-15-6-2-1-5-13(15)12-25(23,24)21-10-8-14(11-21)20-17(22)16-7-3-4-9-19-16/h1-11H,12H2,(H,20,22). The molecule has 0 fully saturated rings. The maximum Gasteiger partial charge on any atom is 0.274 e. The predicted molar refractivity (Wildman–Crippen MR) is 91.0 cm³/mol. The van der Waals surface area contributed by atoms with E-state index in [1.165, 1.54) is 42.9 Å². The second-order valence-corrected chi connectivity index (χ2v) is 7.12. The van der Waals surface area contributed by atoms with Gasteiger partial charge in [-0.1, -0.05) is 24.3 Å². The van der Waals surface area contributed by atoms with E-state index in [0.29, 0.717) is 5.69 Å². The van der Waals surface area contributed by atoms with Gasteiger partial charge in [0.05, 0.1) is 11.4 Å². The Hall–Kier alpha value is -3.00. The van der Waals surface area contributed by atoms with Gasteiger partial charge in [0, 0.05) is 24.2 Å². The van der Waals surface area contributed by atoms with E-state index in [1.54, 1.807) is 24.3 Å². The van der Waals surface area contributed by atoms with Crippen molar-refractivity contribution in [2.24, 2.45) is 0 Å². The van der Waals surface area contributed by atoms with Gasteiger partial charge in [-0.2, -0.15) is 0 Å². The van der Waals surface area contributed by atoms with E-state index in [9.17, 15) is 17.6 Å². The van der Waals surface area contributed by atoms with Crippen LogP contribution in [0, 0.1) is 5.82 Å². The summed E-state index contributed by atoms with van der Waals surface area (Å²) in [6.07, 6.45) is 4.04.